The molecule has 12 nitrogen and oxygen atoms in total. The van der Waals surface area contributed by atoms with E-state index in [0.717, 1.165) is 28.0 Å². The van der Waals surface area contributed by atoms with Crippen LogP contribution >= 0.6 is 11.3 Å². The molecule has 4 rings (SSSR count). The number of ether oxygens (including phenoxy) is 4. The van der Waals surface area contributed by atoms with Gasteiger partial charge in [-0.1, -0.05) is 6.07 Å². The third-order valence-electron chi connectivity index (χ3n) is 7.05. The van der Waals surface area contributed by atoms with Crippen LogP contribution in [-0.2, 0) is 20.7 Å². The van der Waals surface area contributed by atoms with E-state index in [1.165, 1.54) is 19.4 Å². The first-order chi connectivity index (χ1) is 21.2. The summed E-state index contributed by atoms with van der Waals surface area (Å²) in [7, 11) is 4.64. The summed E-state index contributed by atoms with van der Waals surface area (Å²) in [4.78, 5) is 53.9. The molecule has 1 heterocycles. The van der Waals surface area contributed by atoms with E-state index in [1.54, 1.807) is 33.3 Å². The molecule has 1 aliphatic rings. The van der Waals surface area contributed by atoms with Crippen LogP contribution in [0.3, 0.4) is 0 Å². The van der Waals surface area contributed by atoms with Crippen molar-refractivity contribution in [2.75, 3.05) is 45.1 Å². The Morgan fingerprint density at radius 2 is 1.84 bits per heavy atom. The van der Waals surface area contributed by atoms with Crippen molar-refractivity contribution in [1.29, 1.82) is 0 Å². The molecule has 0 spiro atoms. The second kappa shape index (κ2) is 14.7. The van der Waals surface area contributed by atoms with E-state index in [0.29, 0.717) is 59.4 Å². The van der Waals surface area contributed by atoms with Crippen LogP contribution in [0.1, 0.15) is 60.8 Å². The molecule has 234 valence electrons. The fraction of sp³-hybridized carbons (Fsp3) is 0.387. The first-order valence-corrected chi connectivity index (χ1v) is 15.0. The van der Waals surface area contributed by atoms with Crippen molar-refractivity contribution in [2.45, 2.75) is 45.6 Å². The van der Waals surface area contributed by atoms with E-state index in [-0.39, 0.29) is 36.0 Å². The predicted octanol–water partition coefficient (Wildman–Crippen LogP) is 4.33. The van der Waals surface area contributed by atoms with Gasteiger partial charge in [0.25, 0.3) is 0 Å². The number of carbonyl (C=O) groups is 3. The number of rotatable bonds is 12. The smallest absolute Gasteiger partial charge is 0.357 e. The molecule has 0 saturated carbocycles. The fourth-order valence-corrected chi connectivity index (χ4v) is 5.83. The molecule has 0 bridgehead atoms. The standard InChI is InChI=1S/C31H36N4O8S/c1-6-43-30(39)23-16-44-31(34-23)35-26(38)8-7-13-32-22-12-10-19-20(15-24(22)37)21(33-17(2)36)11-9-18-14-25(40-3)28(41-4)29(42-5)27(18)19/h10,12,14-16,21H,6-9,11,13H2,1-5H3,(H,32,37)(H,33,36)(H,34,35,38). The minimum Gasteiger partial charge on any atom is -0.493 e. The molecular formula is C31H36N4O8S. The largest absolute Gasteiger partial charge is 0.493 e. The van der Waals surface area contributed by atoms with E-state index in [4.69, 9.17) is 18.9 Å². The van der Waals surface area contributed by atoms with Crippen molar-refractivity contribution in [3.05, 3.63) is 56.7 Å². The molecule has 1 aliphatic carbocycles. The summed E-state index contributed by atoms with van der Waals surface area (Å²) in [5, 5.41) is 10.6. The second-order valence-corrected chi connectivity index (χ2v) is 10.8. The highest BCUT2D eigenvalue weighted by Crippen LogP contribution is 2.50. The lowest BCUT2D eigenvalue weighted by Crippen LogP contribution is -2.26. The number of aryl methyl sites for hydroxylation is 1. The number of thiazole rings is 1. The lowest BCUT2D eigenvalue weighted by Gasteiger charge is -2.19. The maximum Gasteiger partial charge on any atom is 0.357 e. The van der Waals surface area contributed by atoms with Crippen molar-refractivity contribution in [3.63, 3.8) is 0 Å². The topological polar surface area (TPSA) is 154 Å². The lowest BCUT2D eigenvalue weighted by atomic mass is 9.95. The van der Waals surface area contributed by atoms with Crippen molar-refractivity contribution < 1.29 is 33.3 Å². The molecule has 0 fully saturated rings. The van der Waals surface area contributed by atoms with Crippen LogP contribution in [0.5, 0.6) is 17.2 Å². The summed E-state index contributed by atoms with van der Waals surface area (Å²) in [6.07, 6.45) is 1.76. The Morgan fingerprint density at radius 1 is 1.07 bits per heavy atom. The Hall–Kier alpha value is -4.65. The van der Waals surface area contributed by atoms with Gasteiger partial charge in [0.05, 0.1) is 39.7 Å². The molecule has 2 aromatic carbocycles. The van der Waals surface area contributed by atoms with Crippen molar-refractivity contribution in [1.82, 2.24) is 10.3 Å². The van der Waals surface area contributed by atoms with Gasteiger partial charge in [-0.15, -0.1) is 11.3 Å². The number of esters is 1. The Labute approximate surface area is 259 Å². The number of hydrogen-bond donors (Lipinski definition) is 3. The Balaban J connectivity index is 1.55. The van der Waals surface area contributed by atoms with E-state index in [2.05, 4.69) is 20.9 Å². The third kappa shape index (κ3) is 7.28. The molecular weight excluding hydrogens is 588 g/mol. The number of amides is 2. The number of methoxy groups -OCH3 is 3. The monoisotopic (exact) mass is 624 g/mol. The number of nitrogens with one attached hydrogen (secondary N) is 3. The summed E-state index contributed by atoms with van der Waals surface area (Å²) < 4.78 is 21.9. The van der Waals surface area contributed by atoms with E-state index < -0.39 is 12.0 Å². The maximum absolute atomic E-state index is 13.4. The van der Waals surface area contributed by atoms with Crippen LogP contribution in [0, 0.1) is 0 Å². The van der Waals surface area contributed by atoms with Gasteiger partial charge in [0, 0.05) is 30.8 Å². The maximum atomic E-state index is 13.4. The highest BCUT2D eigenvalue weighted by molar-refractivity contribution is 7.14. The zero-order valence-corrected chi connectivity index (χ0v) is 26.1. The summed E-state index contributed by atoms with van der Waals surface area (Å²) >= 11 is 1.14. The average Bonchev–Trinajstić information content (AvgIpc) is 3.34. The van der Waals surface area contributed by atoms with Crippen molar-refractivity contribution in [3.8, 4) is 28.4 Å². The molecule has 0 radical (unpaired) electrons. The average molecular weight is 625 g/mol. The Bertz CT molecular complexity index is 1610. The highest BCUT2D eigenvalue weighted by Gasteiger charge is 2.29. The summed E-state index contributed by atoms with van der Waals surface area (Å²) in [5.41, 5.74) is 3.31. The van der Waals surface area contributed by atoms with Crippen molar-refractivity contribution >= 4 is 39.9 Å². The molecule has 3 N–H and O–H groups in total. The molecule has 0 saturated heterocycles. The summed E-state index contributed by atoms with van der Waals surface area (Å²) in [6.45, 7) is 3.74. The molecule has 0 aliphatic heterocycles. The Morgan fingerprint density at radius 3 is 2.52 bits per heavy atom. The van der Waals surface area contributed by atoms with Gasteiger partial charge in [0.1, 0.15) is 0 Å². The first-order valence-electron chi connectivity index (χ1n) is 14.1. The van der Waals surface area contributed by atoms with Crippen LogP contribution in [0.4, 0.5) is 10.8 Å². The number of carbonyl (C=O) groups excluding carboxylic acids is 3. The van der Waals surface area contributed by atoms with Gasteiger partial charge in [-0.2, -0.15) is 0 Å². The van der Waals surface area contributed by atoms with Gasteiger partial charge in [-0.3, -0.25) is 14.4 Å². The zero-order chi connectivity index (χ0) is 31.8. The predicted molar refractivity (Wildman–Crippen MR) is 167 cm³/mol. The second-order valence-electron chi connectivity index (χ2n) is 9.93. The summed E-state index contributed by atoms with van der Waals surface area (Å²) in [6, 6.07) is 6.56. The quantitative estimate of drug-likeness (QED) is 0.196. The van der Waals surface area contributed by atoms with Gasteiger partial charge >= 0.3 is 5.97 Å². The number of nitrogens with zero attached hydrogens (tertiary/aromatic N) is 1. The van der Waals surface area contributed by atoms with Crippen LogP contribution in [-0.4, -0.2) is 57.2 Å². The van der Waals surface area contributed by atoms with E-state index in [1.807, 2.05) is 12.1 Å². The number of anilines is 2. The van der Waals surface area contributed by atoms with Gasteiger partial charge in [-0.25, -0.2) is 9.78 Å². The van der Waals surface area contributed by atoms with Crippen LogP contribution in [0.2, 0.25) is 0 Å². The minimum atomic E-state index is -0.542. The SMILES string of the molecule is CCOC(=O)c1csc(NC(=O)CCCNc2ccc3c(cc2=O)C(NC(C)=O)CCc2cc(OC)c(OC)c(OC)c2-3)n1. The number of fused-ring (bicyclic) bond motifs is 3. The zero-order valence-electron chi connectivity index (χ0n) is 25.3. The minimum absolute atomic E-state index is 0.144. The first kappa shape index (κ1) is 32.3. The summed E-state index contributed by atoms with van der Waals surface area (Å²) in [5.74, 6) is 0.404. The van der Waals surface area contributed by atoms with Gasteiger partial charge in [0.2, 0.25) is 23.0 Å². The molecule has 1 aromatic heterocycles. The molecule has 13 heteroatoms. The van der Waals surface area contributed by atoms with Crippen molar-refractivity contribution in [2.24, 2.45) is 0 Å². The van der Waals surface area contributed by atoms with Gasteiger partial charge in [-0.05, 0) is 61.1 Å². The highest BCUT2D eigenvalue weighted by atomic mass is 32.1. The van der Waals surface area contributed by atoms with Gasteiger partial charge < -0.3 is 34.9 Å². The van der Waals surface area contributed by atoms with E-state index >= 15 is 0 Å². The normalized spacial score (nSPS) is 13.4. The number of aromatic nitrogens is 1. The third-order valence-corrected chi connectivity index (χ3v) is 7.80. The van der Waals surface area contributed by atoms with Crippen LogP contribution in [0.25, 0.3) is 11.1 Å². The lowest BCUT2D eigenvalue weighted by molar-refractivity contribution is -0.119. The molecule has 2 amide bonds. The van der Waals surface area contributed by atoms with E-state index in [9.17, 15) is 19.2 Å². The van der Waals surface area contributed by atoms with Crippen LogP contribution in [0.15, 0.2) is 34.4 Å². The van der Waals surface area contributed by atoms with Gasteiger partial charge in [0.15, 0.2) is 22.3 Å². The number of hydrogen-bond acceptors (Lipinski definition) is 11. The number of benzene rings is 1. The molecule has 44 heavy (non-hydrogen) atoms. The molecule has 1 unspecified atom stereocenters. The molecule has 1 atom stereocenters. The van der Waals surface area contributed by atoms with Crippen LogP contribution < -0.4 is 35.6 Å². The fourth-order valence-electron chi connectivity index (χ4n) is 5.14. The molecule has 3 aromatic rings. The Kier molecular flexibility index (Phi) is 10.8.